The van der Waals surface area contributed by atoms with Crippen molar-refractivity contribution in [1.29, 1.82) is 0 Å². The van der Waals surface area contributed by atoms with E-state index in [9.17, 15) is 4.57 Å². The third-order valence-electron chi connectivity index (χ3n) is 2.51. The van der Waals surface area contributed by atoms with Gasteiger partial charge in [-0.25, -0.2) is 0 Å². The summed E-state index contributed by atoms with van der Waals surface area (Å²) in [5.41, 5.74) is 2.05. The second-order valence-electron chi connectivity index (χ2n) is 3.83. The SMILES string of the molecule is CC(O[P+](=O)OC(C)c1ccsc1)c1ccsc1. The first-order valence-electron chi connectivity index (χ1n) is 5.52. The van der Waals surface area contributed by atoms with Crippen LogP contribution in [0.3, 0.4) is 0 Å². The molecular weight excluding hydrogens is 287 g/mol. The fraction of sp³-hybridized carbons (Fsp3) is 0.333. The lowest BCUT2D eigenvalue weighted by Gasteiger charge is -2.03. The Balaban J connectivity index is 1.85. The summed E-state index contributed by atoms with van der Waals surface area (Å²) >= 11 is 3.19. The maximum absolute atomic E-state index is 11.8. The molecule has 0 amide bonds. The number of rotatable bonds is 6. The minimum absolute atomic E-state index is 0.213. The first-order chi connectivity index (χ1) is 8.66. The van der Waals surface area contributed by atoms with E-state index in [0.717, 1.165) is 11.1 Å². The summed E-state index contributed by atoms with van der Waals surface area (Å²) in [6, 6.07) is 3.92. The molecule has 96 valence electrons. The molecule has 0 aromatic carbocycles. The van der Waals surface area contributed by atoms with Crippen molar-refractivity contribution in [3.63, 3.8) is 0 Å². The fourth-order valence-corrected chi connectivity index (χ4v) is 3.71. The van der Waals surface area contributed by atoms with Crippen LogP contribution in [-0.4, -0.2) is 0 Å². The van der Waals surface area contributed by atoms with Gasteiger partial charge < -0.3 is 0 Å². The van der Waals surface area contributed by atoms with E-state index in [4.69, 9.17) is 9.05 Å². The third-order valence-corrected chi connectivity index (χ3v) is 4.89. The molecule has 3 nitrogen and oxygen atoms in total. The predicted molar refractivity (Wildman–Crippen MR) is 75.2 cm³/mol. The first kappa shape index (κ1) is 13.8. The van der Waals surface area contributed by atoms with Gasteiger partial charge in [0.25, 0.3) is 0 Å². The van der Waals surface area contributed by atoms with Crippen molar-refractivity contribution in [3.05, 3.63) is 44.8 Å². The van der Waals surface area contributed by atoms with Gasteiger partial charge in [-0.2, -0.15) is 22.7 Å². The Morgan fingerprint density at radius 3 is 1.78 bits per heavy atom. The van der Waals surface area contributed by atoms with Crippen LogP contribution < -0.4 is 0 Å². The summed E-state index contributed by atoms with van der Waals surface area (Å²) in [6.45, 7) is 3.74. The van der Waals surface area contributed by atoms with Crippen LogP contribution in [0.2, 0.25) is 0 Å². The van der Waals surface area contributed by atoms with Crippen LogP contribution in [0.4, 0.5) is 0 Å². The Hall–Kier alpha value is -0.580. The molecular formula is C12H14O3PS2+. The zero-order valence-corrected chi connectivity index (χ0v) is 12.6. The molecule has 18 heavy (non-hydrogen) atoms. The maximum atomic E-state index is 11.8. The minimum Gasteiger partial charge on any atom is -0.152 e. The maximum Gasteiger partial charge on any atom is 0.698 e. The Morgan fingerprint density at radius 2 is 1.44 bits per heavy atom. The monoisotopic (exact) mass is 301 g/mol. The Kier molecular flexibility index (Phi) is 5.03. The van der Waals surface area contributed by atoms with Crippen molar-refractivity contribution < 1.29 is 13.6 Å². The van der Waals surface area contributed by atoms with E-state index in [0.29, 0.717) is 0 Å². The summed E-state index contributed by atoms with van der Waals surface area (Å²) in [5, 5.41) is 7.90. The number of thiophene rings is 2. The molecule has 0 fully saturated rings. The fourth-order valence-electron chi connectivity index (χ4n) is 1.42. The normalized spacial score (nSPS) is 15.3. The quantitative estimate of drug-likeness (QED) is 0.677. The highest BCUT2D eigenvalue weighted by Gasteiger charge is 2.29. The molecule has 0 saturated carbocycles. The lowest BCUT2D eigenvalue weighted by atomic mass is 10.2. The van der Waals surface area contributed by atoms with E-state index >= 15 is 0 Å². The standard InChI is InChI=1S/C12H14O3PS2/c1-9(11-3-5-17-7-11)14-16(13)15-10(2)12-4-6-18-8-12/h3-10H,1-2H3/q+1. The minimum atomic E-state index is -2.11. The van der Waals surface area contributed by atoms with E-state index in [1.54, 1.807) is 22.7 Å². The smallest absolute Gasteiger partial charge is 0.152 e. The molecule has 2 heterocycles. The van der Waals surface area contributed by atoms with Gasteiger partial charge in [-0.15, -0.1) is 9.05 Å². The Bertz CT molecular complexity index is 437. The van der Waals surface area contributed by atoms with Crippen molar-refractivity contribution in [2.75, 3.05) is 0 Å². The zero-order valence-electron chi connectivity index (χ0n) is 10.1. The van der Waals surface area contributed by atoms with Crippen molar-refractivity contribution >= 4 is 30.9 Å². The van der Waals surface area contributed by atoms with E-state index in [2.05, 4.69) is 0 Å². The second-order valence-corrected chi connectivity index (χ2v) is 6.26. The van der Waals surface area contributed by atoms with Crippen molar-refractivity contribution in [3.8, 4) is 0 Å². The van der Waals surface area contributed by atoms with Crippen LogP contribution in [0.25, 0.3) is 0 Å². The van der Waals surface area contributed by atoms with Crippen molar-refractivity contribution in [2.45, 2.75) is 26.1 Å². The van der Waals surface area contributed by atoms with Crippen LogP contribution >= 0.6 is 30.9 Å². The lowest BCUT2D eigenvalue weighted by Crippen LogP contribution is -1.96. The first-order valence-corrected chi connectivity index (χ1v) is 8.50. The molecule has 2 unspecified atom stereocenters. The Morgan fingerprint density at radius 1 is 1.00 bits per heavy atom. The van der Waals surface area contributed by atoms with Gasteiger partial charge in [0.2, 0.25) is 0 Å². The number of hydrogen-bond acceptors (Lipinski definition) is 5. The molecule has 0 saturated heterocycles. The van der Waals surface area contributed by atoms with Crippen LogP contribution in [0.5, 0.6) is 0 Å². The average Bonchev–Trinajstić information content (AvgIpc) is 3.02. The second kappa shape index (κ2) is 6.55. The lowest BCUT2D eigenvalue weighted by molar-refractivity contribution is 0.146. The van der Waals surface area contributed by atoms with Crippen molar-refractivity contribution in [1.82, 2.24) is 0 Å². The van der Waals surface area contributed by atoms with Crippen LogP contribution in [0.15, 0.2) is 33.7 Å². The summed E-state index contributed by atoms with van der Waals surface area (Å²) in [7, 11) is -2.11. The molecule has 2 atom stereocenters. The van der Waals surface area contributed by atoms with E-state index in [1.807, 2.05) is 47.5 Å². The molecule has 0 N–H and O–H groups in total. The molecule has 0 spiro atoms. The molecule has 0 aliphatic carbocycles. The van der Waals surface area contributed by atoms with E-state index < -0.39 is 8.25 Å². The third kappa shape index (κ3) is 3.70. The molecule has 0 aliphatic rings. The highest BCUT2D eigenvalue weighted by molar-refractivity contribution is 7.33. The molecule has 2 rings (SSSR count). The summed E-state index contributed by atoms with van der Waals surface area (Å²) in [5.74, 6) is 0. The average molecular weight is 301 g/mol. The van der Waals surface area contributed by atoms with Crippen LogP contribution in [-0.2, 0) is 13.6 Å². The highest BCUT2D eigenvalue weighted by Crippen LogP contribution is 2.38. The summed E-state index contributed by atoms with van der Waals surface area (Å²) in [4.78, 5) is 0. The van der Waals surface area contributed by atoms with Gasteiger partial charge >= 0.3 is 8.25 Å². The van der Waals surface area contributed by atoms with E-state index in [1.165, 1.54) is 0 Å². The molecule has 0 aliphatic heterocycles. The predicted octanol–water partition coefficient (Wildman–Crippen LogP) is 5.32. The van der Waals surface area contributed by atoms with Gasteiger partial charge in [0, 0.05) is 4.57 Å². The largest absolute Gasteiger partial charge is 0.698 e. The van der Waals surface area contributed by atoms with Crippen LogP contribution in [0.1, 0.15) is 37.2 Å². The molecule has 0 radical (unpaired) electrons. The van der Waals surface area contributed by atoms with Gasteiger partial charge in [-0.3, -0.25) is 0 Å². The van der Waals surface area contributed by atoms with Gasteiger partial charge in [0.1, 0.15) is 12.2 Å². The van der Waals surface area contributed by atoms with Crippen LogP contribution in [0, 0.1) is 0 Å². The van der Waals surface area contributed by atoms with E-state index in [-0.39, 0.29) is 12.2 Å². The Labute approximate surface area is 115 Å². The molecule has 2 aromatic heterocycles. The molecule has 2 aromatic rings. The van der Waals surface area contributed by atoms with Gasteiger partial charge in [-0.05, 0) is 58.6 Å². The topological polar surface area (TPSA) is 35.5 Å². The summed E-state index contributed by atoms with van der Waals surface area (Å²) < 4.78 is 22.5. The molecule has 0 bridgehead atoms. The van der Waals surface area contributed by atoms with Gasteiger partial charge in [0.05, 0.1) is 0 Å². The molecule has 6 heteroatoms. The highest BCUT2D eigenvalue weighted by atomic mass is 32.1. The van der Waals surface area contributed by atoms with Crippen molar-refractivity contribution in [2.24, 2.45) is 0 Å². The van der Waals surface area contributed by atoms with Gasteiger partial charge in [0.15, 0.2) is 0 Å². The number of hydrogen-bond donors (Lipinski definition) is 0. The zero-order chi connectivity index (χ0) is 13.0. The van der Waals surface area contributed by atoms with Gasteiger partial charge in [-0.1, -0.05) is 0 Å². The summed E-state index contributed by atoms with van der Waals surface area (Å²) in [6.07, 6.45) is -0.427.